The Bertz CT molecular complexity index is 279. The monoisotopic (exact) mass is 244 g/mol. The first-order chi connectivity index (χ1) is 8.00. The van der Waals surface area contributed by atoms with E-state index in [-0.39, 0.29) is 5.91 Å². The average Bonchev–Trinajstić information content (AvgIpc) is 2.78. The summed E-state index contributed by atoms with van der Waals surface area (Å²) >= 11 is 0. The van der Waals surface area contributed by atoms with E-state index >= 15 is 0 Å². The predicted octanol–water partition coefficient (Wildman–Crippen LogP) is -1.58. The second-order valence-corrected chi connectivity index (χ2v) is 4.27. The number of hydrogen-bond donors (Lipinski definition) is 5. The van der Waals surface area contributed by atoms with Gasteiger partial charge in [-0.1, -0.05) is 0 Å². The lowest BCUT2D eigenvalue weighted by Crippen LogP contribution is -2.54. The zero-order valence-corrected chi connectivity index (χ0v) is 10.1. The summed E-state index contributed by atoms with van der Waals surface area (Å²) in [5.74, 6) is -1.38. The van der Waals surface area contributed by atoms with E-state index < -0.39 is 18.1 Å². The molecule has 0 saturated carbocycles. The van der Waals surface area contributed by atoms with Crippen LogP contribution in [-0.4, -0.2) is 48.2 Å². The summed E-state index contributed by atoms with van der Waals surface area (Å²) in [5.41, 5.74) is 5.92. The zero-order valence-electron chi connectivity index (χ0n) is 10.1. The average molecular weight is 244 g/mol. The molecule has 1 aliphatic heterocycles. The molecule has 1 heterocycles. The molecule has 0 aromatic heterocycles. The fourth-order valence-corrected chi connectivity index (χ4v) is 1.49. The number of hydrogen-bond acceptors (Lipinski definition) is 5. The third kappa shape index (κ3) is 4.68. The molecule has 0 radical (unpaired) electrons. The third-order valence-corrected chi connectivity index (χ3v) is 2.69. The molecule has 1 rings (SSSR count). The molecule has 0 spiro atoms. The first kappa shape index (κ1) is 13.9. The fourth-order valence-electron chi connectivity index (χ4n) is 1.49. The SMILES string of the molecule is C[C@H](NC(=O)[C@H](C)NNC1CCNC1)C(=O)O. The molecular formula is C10H20N4O3. The van der Waals surface area contributed by atoms with E-state index in [0.29, 0.717) is 6.04 Å². The van der Waals surface area contributed by atoms with Crippen molar-refractivity contribution in [3.8, 4) is 0 Å². The predicted molar refractivity (Wildman–Crippen MR) is 62.2 cm³/mol. The largest absolute Gasteiger partial charge is 0.480 e. The minimum Gasteiger partial charge on any atom is -0.480 e. The van der Waals surface area contributed by atoms with Gasteiger partial charge in [0.2, 0.25) is 5.91 Å². The Balaban J connectivity index is 2.23. The van der Waals surface area contributed by atoms with Crippen molar-refractivity contribution in [2.24, 2.45) is 0 Å². The van der Waals surface area contributed by atoms with Crippen LogP contribution in [-0.2, 0) is 9.59 Å². The van der Waals surface area contributed by atoms with Crippen LogP contribution < -0.4 is 21.5 Å². The minimum absolute atomic E-state index is 0.308. The maximum absolute atomic E-state index is 11.6. The molecule has 98 valence electrons. The van der Waals surface area contributed by atoms with Gasteiger partial charge in [-0.05, 0) is 26.8 Å². The molecule has 1 fully saturated rings. The molecule has 0 aliphatic carbocycles. The Morgan fingerprint density at radius 1 is 1.35 bits per heavy atom. The standard InChI is InChI=1S/C10H20N4O3/c1-6(9(15)12-7(2)10(16)17)13-14-8-3-4-11-5-8/h6-8,11,13-14H,3-5H2,1-2H3,(H,12,15)(H,16,17)/t6-,7-,8?/m0/s1. The van der Waals surface area contributed by atoms with Gasteiger partial charge in [-0.25, -0.2) is 5.43 Å². The normalized spacial score (nSPS) is 23.1. The van der Waals surface area contributed by atoms with Gasteiger partial charge in [-0.15, -0.1) is 0 Å². The van der Waals surface area contributed by atoms with Gasteiger partial charge < -0.3 is 15.7 Å². The van der Waals surface area contributed by atoms with Gasteiger partial charge in [0, 0.05) is 12.6 Å². The molecule has 1 aliphatic rings. The molecule has 1 saturated heterocycles. The summed E-state index contributed by atoms with van der Waals surface area (Å²) in [6, 6.07) is -1.04. The highest BCUT2D eigenvalue weighted by Gasteiger charge is 2.20. The summed E-state index contributed by atoms with van der Waals surface area (Å²) in [7, 11) is 0. The Morgan fingerprint density at radius 2 is 2.06 bits per heavy atom. The van der Waals surface area contributed by atoms with Crippen LogP contribution in [0.4, 0.5) is 0 Å². The first-order valence-electron chi connectivity index (χ1n) is 5.75. The lowest BCUT2D eigenvalue weighted by Gasteiger charge is -2.19. The Kier molecular flexibility index (Phi) is 5.33. The maximum Gasteiger partial charge on any atom is 0.325 e. The summed E-state index contributed by atoms with van der Waals surface area (Å²) in [4.78, 5) is 22.1. The number of carbonyl (C=O) groups excluding carboxylic acids is 1. The fraction of sp³-hybridized carbons (Fsp3) is 0.800. The van der Waals surface area contributed by atoms with E-state index in [2.05, 4.69) is 21.5 Å². The van der Waals surface area contributed by atoms with Crippen LogP contribution in [0.1, 0.15) is 20.3 Å². The van der Waals surface area contributed by atoms with Crippen molar-refractivity contribution >= 4 is 11.9 Å². The van der Waals surface area contributed by atoms with Crippen LogP contribution in [0.25, 0.3) is 0 Å². The van der Waals surface area contributed by atoms with Crippen LogP contribution in [0.2, 0.25) is 0 Å². The van der Waals surface area contributed by atoms with Crippen molar-refractivity contribution < 1.29 is 14.7 Å². The number of aliphatic carboxylic acids is 1. The second kappa shape index (κ2) is 6.53. The highest BCUT2D eigenvalue weighted by atomic mass is 16.4. The topological polar surface area (TPSA) is 102 Å². The van der Waals surface area contributed by atoms with Gasteiger partial charge in [0.25, 0.3) is 0 Å². The molecule has 0 aromatic rings. The van der Waals surface area contributed by atoms with Crippen molar-refractivity contribution in [3.05, 3.63) is 0 Å². The number of carboxylic acids is 1. The number of carboxylic acid groups (broad SMARTS) is 1. The first-order valence-corrected chi connectivity index (χ1v) is 5.75. The Hall–Kier alpha value is -1.18. The van der Waals surface area contributed by atoms with Gasteiger partial charge in [0.15, 0.2) is 0 Å². The van der Waals surface area contributed by atoms with E-state index in [4.69, 9.17) is 5.11 Å². The smallest absolute Gasteiger partial charge is 0.325 e. The number of amides is 1. The molecule has 1 amide bonds. The molecule has 7 heteroatoms. The highest BCUT2D eigenvalue weighted by molar-refractivity contribution is 5.86. The molecular weight excluding hydrogens is 224 g/mol. The molecule has 1 unspecified atom stereocenters. The lowest BCUT2D eigenvalue weighted by atomic mass is 10.2. The maximum atomic E-state index is 11.6. The van der Waals surface area contributed by atoms with Gasteiger partial charge in [0.1, 0.15) is 6.04 Å². The molecule has 7 nitrogen and oxygen atoms in total. The number of rotatable bonds is 6. The minimum atomic E-state index is -1.04. The summed E-state index contributed by atoms with van der Waals surface area (Å²) < 4.78 is 0. The van der Waals surface area contributed by atoms with Gasteiger partial charge in [-0.3, -0.25) is 15.0 Å². The van der Waals surface area contributed by atoms with Crippen LogP contribution in [0, 0.1) is 0 Å². The van der Waals surface area contributed by atoms with E-state index in [9.17, 15) is 9.59 Å². The van der Waals surface area contributed by atoms with Crippen molar-refractivity contribution in [3.63, 3.8) is 0 Å². The number of carbonyl (C=O) groups is 2. The van der Waals surface area contributed by atoms with Crippen molar-refractivity contribution in [1.29, 1.82) is 0 Å². The summed E-state index contributed by atoms with van der Waals surface area (Å²) in [5, 5.41) is 14.2. The van der Waals surface area contributed by atoms with Gasteiger partial charge in [0.05, 0.1) is 6.04 Å². The molecule has 0 aromatic carbocycles. The van der Waals surface area contributed by atoms with Crippen LogP contribution in [0.5, 0.6) is 0 Å². The molecule has 5 N–H and O–H groups in total. The number of hydrazine groups is 1. The van der Waals surface area contributed by atoms with Gasteiger partial charge >= 0.3 is 5.97 Å². The van der Waals surface area contributed by atoms with Crippen LogP contribution >= 0.6 is 0 Å². The van der Waals surface area contributed by atoms with E-state index in [0.717, 1.165) is 19.5 Å². The van der Waals surface area contributed by atoms with Crippen LogP contribution in [0.3, 0.4) is 0 Å². The van der Waals surface area contributed by atoms with E-state index in [1.165, 1.54) is 6.92 Å². The summed E-state index contributed by atoms with van der Waals surface area (Å²) in [6.45, 7) is 4.95. The zero-order chi connectivity index (χ0) is 12.8. The number of nitrogens with one attached hydrogen (secondary N) is 4. The molecule has 3 atom stereocenters. The molecule has 0 bridgehead atoms. The second-order valence-electron chi connectivity index (χ2n) is 4.27. The highest BCUT2D eigenvalue weighted by Crippen LogP contribution is 1.95. The molecule has 17 heavy (non-hydrogen) atoms. The van der Waals surface area contributed by atoms with E-state index in [1.807, 2.05) is 0 Å². The van der Waals surface area contributed by atoms with E-state index in [1.54, 1.807) is 6.92 Å². The third-order valence-electron chi connectivity index (χ3n) is 2.69. The van der Waals surface area contributed by atoms with Crippen molar-refractivity contribution in [2.45, 2.75) is 38.4 Å². The quantitative estimate of drug-likeness (QED) is 0.361. The lowest BCUT2D eigenvalue weighted by molar-refractivity contribution is -0.141. The van der Waals surface area contributed by atoms with Gasteiger partial charge in [-0.2, -0.15) is 0 Å². The van der Waals surface area contributed by atoms with Crippen molar-refractivity contribution in [2.75, 3.05) is 13.1 Å². The Labute approximate surface area is 100 Å². The van der Waals surface area contributed by atoms with Crippen LogP contribution in [0.15, 0.2) is 0 Å². The Morgan fingerprint density at radius 3 is 2.59 bits per heavy atom. The van der Waals surface area contributed by atoms with Crippen molar-refractivity contribution in [1.82, 2.24) is 21.5 Å². The summed E-state index contributed by atoms with van der Waals surface area (Å²) in [6.07, 6.45) is 1.01.